The molecule has 0 aliphatic carbocycles. The lowest BCUT2D eigenvalue weighted by Gasteiger charge is -2.19. The van der Waals surface area contributed by atoms with E-state index in [0.717, 1.165) is 5.56 Å². The van der Waals surface area contributed by atoms with Gasteiger partial charge in [0.05, 0.1) is 11.4 Å². The second-order valence-electron chi connectivity index (χ2n) is 5.04. The van der Waals surface area contributed by atoms with Crippen molar-refractivity contribution in [3.63, 3.8) is 0 Å². The van der Waals surface area contributed by atoms with E-state index in [-0.39, 0.29) is 17.9 Å². The summed E-state index contributed by atoms with van der Waals surface area (Å²) in [4.78, 5) is 12.3. The molecule has 0 bridgehead atoms. The molecule has 0 aliphatic heterocycles. The quantitative estimate of drug-likeness (QED) is 0.495. The maximum Gasteiger partial charge on any atom is 0.241 e. The van der Waals surface area contributed by atoms with Gasteiger partial charge in [-0.05, 0) is 19.1 Å². The minimum Gasteiger partial charge on any atom is -0.354 e. The number of rotatable bonds is 9. The van der Waals surface area contributed by atoms with E-state index < -0.39 is 28.3 Å². The lowest BCUT2D eigenvalue weighted by molar-refractivity contribution is -0.128. The zero-order chi connectivity index (χ0) is 18.2. The Kier molecular flexibility index (Phi) is 7.88. The predicted octanol–water partition coefficient (Wildman–Crippen LogP) is 0.400. The van der Waals surface area contributed by atoms with Gasteiger partial charge < -0.3 is 14.8 Å². The van der Waals surface area contributed by atoms with Gasteiger partial charge in [0.2, 0.25) is 15.9 Å². The minimum atomic E-state index is -3.86. The van der Waals surface area contributed by atoms with Gasteiger partial charge >= 0.3 is 0 Å². The van der Waals surface area contributed by atoms with Gasteiger partial charge in [-0.15, -0.1) is 12.3 Å². The molecule has 1 amide bonds. The van der Waals surface area contributed by atoms with Crippen LogP contribution in [-0.4, -0.2) is 47.4 Å². The number of nitrogens with one attached hydrogen (secondary N) is 2. The van der Waals surface area contributed by atoms with Crippen LogP contribution in [0.5, 0.6) is 0 Å². The van der Waals surface area contributed by atoms with E-state index in [1.165, 1.54) is 26.4 Å². The highest BCUT2D eigenvalue weighted by atomic mass is 32.2. The van der Waals surface area contributed by atoms with Crippen LogP contribution in [0.25, 0.3) is 0 Å². The molecule has 1 aromatic carbocycles. The molecule has 0 radical (unpaired) electrons. The van der Waals surface area contributed by atoms with Crippen molar-refractivity contribution in [1.82, 2.24) is 10.0 Å². The Hall–Kier alpha value is -1.92. The van der Waals surface area contributed by atoms with E-state index >= 15 is 0 Å². The Morgan fingerprint density at radius 1 is 1.25 bits per heavy atom. The van der Waals surface area contributed by atoms with Crippen LogP contribution in [0.1, 0.15) is 12.0 Å². The van der Waals surface area contributed by atoms with Crippen molar-refractivity contribution in [2.75, 3.05) is 20.8 Å². The van der Waals surface area contributed by atoms with Gasteiger partial charge in [0.15, 0.2) is 6.29 Å². The lowest BCUT2D eigenvalue weighted by atomic mass is 10.2. The Morgan fingerprint density at radius 2 is 1.83 bits per heavy atom. The maximum atomic E-state index is 12.4. The van der Waals surface area contributed by atoms with Gasteiger partial charge in [0.25, 0.3) is 0 Å². The van der Waals surface area contributed by atoms with Gasteiger partial charge in [-0.1, -0.05) is 17.7 Å². The average molecular weight is 354 g/mol. The SMILES string of the molecule is C#CCC(NS(=O)(=O)c1ccc(C)cc1)C(=O)NCC(OC)OC. The first-order valence-electron chi connectivity index (χ1n) is 7.19. The highest BCUT2D eigenvalue weighted by Gasteiger charge is 2.25. The topological polar surface area (TPSA) is 93.7 Å². The van der Waals surface area contributed by atoms with Gasteiger partial charge in [0, 0.05) is 20.6 Å². The molecular weight excluding hydrogens is 332 g/mol. The summed E-state index contributed by atoms with van der Waals surface area (Å²) in [7, 11) is -1.00. The van der Waals surface area contributed by atoms with E-state index in [1.54, 1.807) is 12.1 Å². The van der Waals surface area contributed by atoms with Crippen LogP contribution in [0, 0.1) is 19.3 Å². The largest absolute Gasteiger partial charge is 0.354 e. The minimum absolute atomic E-state index is 0.0644. The van der Waals surface area contributed by atoms with Gasteiger partial charge in [-0.2, -0.15) is 4.72 Å². The molecular formula is C16H22N2O5S. The molecule has 1 aromatic rings. The van der Waals surface area contributed by atoms with Crippen molar-refractivity contribution in [3.05, 3.63) is 29.8 Å². The Labute approximate surface area is 142 Å². The number of sulfonamides is 1. The predicted molar refractivity (Wildman–Crippen MR) is 89.6 cm³/mol. The summed E-state index contributed by atoms with van der Waals surface area (Å²) in [6.07, 6.45) is 4.53. The standard InChI is InChI=1S/C16H22N2O5S/c1-5-6-14(16(19)17-11-15(22-3)23-4)18-24(20,21)13-9-7-12(2)8-10-13/h1,7-10,14-15,18H,6,11H2,2-4H3,(H,17,19). The fraction of sp³-hybridized carbons (Fsp3) is 0.438. The van der Waals surface area contributed by atoms with Crippen molar-refractivity contribution in [2.24, 2.45) is 0 Å². The van der Waals surface area contributed by atoms with Crippen molar-refractivity contribution >= 4 is 15.9 Å². The monoisotopic (exact) mass is 354 g/mol. The van der Waals surface area contributed by atoms with Gasteiger partial charge in [-0.25, -0.2) is 8.42 Å². The molecule has 0 saturated heterocycles. The van der Waals surface area contributed by atoms with Crippen molar-refractivity contribution < 1.29 is 22.7 Å². The molecule has 0 spiro atoms. The fourth-order valence-electron chi connectivity index (χ4n) is 1.85. The second-order valence-corrected chi connectivity index (χ2v) is 6.76. The number of aryl methyl sites for hydroxylation is 1. The first-order chi connectivity index (χ1) is 11.3. The average Bonchev–Trinajstić information content (AvgIpc) is 2.55. The van der Waals surface area contributed by atoms with E-state index in [4.69, 9.17) is 15.9 Å². The van der Waals surface area contributed by atoms with Gasteiger partial charge in [-0.3, -0.25) is 4.79 Å². The number of ether oxygens (including phenoxy) is 2. The Morgan fingerprint density at radius 3 is 2.33 bits per heavy atom. The number of hydrogen-bond acceptors (Lipinski definition) is 5. The van der Waals surface area contributed by atoms with E-state index in [1.807, 2.05) is 6.92 Å². The molecule has 0 aromatic heterocycles. The van der Waals surface area contributed by atoms with Gasteiger partial charge in [0.1, 0.15) is 6.04 Å². The number of hydrogen-bond donors (Lipinski definition) is 2. The van der Waals surface area contributed by atoms with E-state index in [0.29, 0.717) is 0 Å². The van der Waals surface area contributed by atoms with Crippen LogP contribution < -0.4 is 10.0 Å². The van der Waals surface area contributed by atoms with Crippen LogP contribution in [-0.2, 0) is 24.3 Å². The fourth-order valence-corrected chi connectivity index (χ4v) is 3.04. The third-order valence-electron chi connectivity index (χ3n) is 3.24. The summed E-state index contributed by atoms with van der Waals surface area (Å²) < 4.78 is 37.0. The third-order valence-corrected chi connectivity index (χ3v) is 4.72. The van der Waals surface area contributed by atoms with Crippen LogP contribution in [0.2, 0.25) is 0 Å². The zero-order valence-corrected chi connectivity index (χ0v) is 14.7. The molecule has 1 atom stereocenters. The van der Waals surface area contributed by atoms with Crippen molar-refractivity contribution in [3.8, 4) is 12.3 Å². The number of amides is 1. The number of carbonyl (C=O) groups excluding carboxylic acids is 1. The molecule has 0 aliphatic rings. The van der Waals surface area contributed by atoms with E-state index in [9.17, 15) is 13.2 Å². The summed E-state index contributed by atoms with van der Waals surface area (Å²) in [6.45, 7) is 1.92. The smallest absolute Gasteiger partial charge is 0.241 e. The molecule has 1 rings (SSSR count). The molecule has 1 unspecified atom stereocenters. The van der Waals surface area contributed by atoms with E-state index in [2.05, 4.69) is 16.0 Å². The molecule has 8 heteroatoms. The number of carbonyl (C=O) groups is 1. The summed E-state index contributed by atoms with van der Waals surface area (Å²) in [5.41, 5.74) is 0.928. The van der Waals surface area contributed by atoms with Crippen LogP contribution in [0.15, 0.2) is 29.2 Å². The molecule has 2 N–H and O–H groups in total. The number of terminal acetylenes is 1. The molecule has 0 heterocycles. The van der Waals surface area contributed by atoms with Crippen LogP contribution >= 0.6 is 0 Å². The third kappa shape index (κ3) is 5.94. The molecule has 7 nitrogen and oxygen atoms in total. The van der Waals surface area contributed by atoms with Crippen molar-refractivity contribution in [1.29, 1.82) is 0 Å². The molecule has 0 fully saturated rings. The molecule has 0 saturated carbocycles. The Balaban J connectivity index is 2.82. The molecule has 132 valence electrons. The lowest BCUT2D eigenvalue weighted by Crippen LogP contribution is -2.48. The summed E-state index contributed by atoms with van der Waals surface area (Å²) in [5.74, 6) is 1.74. The highest BCUT2D eigenvalue weighted by molar-refractivity contribution is 7.89. The number of benzene rings is 1. The first-order valence-corrected chi connectivity index (χ1v) is 8.68. The maximum absolute atomic E-state index is 12.4. The highest BCUT2D eigenvalue weighted by Crippen LogP contribution is 2.11. The Bertz CT molecular complexity index is 675. The second kappa shape index (κ2) is 9.39. The van der Waals surface area contributed by atoms with Crippen LogP contribution in [0.3, 0.4) is 0 Å². The van der Waals surface area contributed by atoms with Crippen LogP contribution in [0.4, 0.5) is 0 Å². The molecule has 24 heavy (non-hydrogen) atoms. The first kappa shape index (κ1) is 20.1. The summed E-state index contributed by atoms with van der Waals surface area (Å²) in [5, 5.41) is 2.54. The summed E-state index contributed by atoms with van der Waals surface area (Å²) in [6, 6.07) is 5.19. The summed E-state index contributed by atoms with van der Waals surface area (Å²) >= 11 is 0. The zero-order valence-electron chi connectivity index (χ0n) is 13.9. The number of methoxy groups -OCH3 is 2. The van der Waals surface area contributed by atoms with Crippen molar-refractivity contribution in [2.45, 2.75) is 30.6 Å². The normalized spacial score (nSPS) is 12.6.